The summed E-state index contributed by atoms with van der Waals surface area (Å²) in [5.74, 6) is 1.53. The smallest absolute Gasteiger partial charge is 0.234 e. The van der Waals surface area contributed by atoms with Crippen molar-refractivity contribution in [1.82, 2.24) is 9.97 Å². The topological polar surface area (TPSA) is 64.3 Å². The van der Waals surface area contributed by atoms with Crippen molar-refractivity contribution in [3.63, 3.8) is 0 Å². The molecule has 0 aliphatic heterocycles. The lowest BCUT2D eigenvalue weighted by atomic mass is 10.2. The number of aromatic nitrogens is 2. The molecule has 1 saturated carbocycles. The van der Waals surface area contributed by atoms with Crippen LogP contribution in [0, 0.1) is 0 Å². The standard InChI is InChI=1S/C14H24N4O/c1-2-19-14-11-16-10-13(17-14)18(9-5-8-15)12-6-3-4-7-12/h10-12H,2-9,15H2,1H3. The molecule has 0 bridgehead atoms. The first-order valence-corrected chi connectivity index (χ1v) is 7.26. The van der Waals surface area contributed by atoms with Crippen molar-refractivity contribution in [2.24, 2.45) is 5.73 Å². The highest BCUT2D eigenvalue weighted by Crippen LogP contribution is 2.27. The van der Waals surface area contributed by atoms with Crippen molar-refractivity contribution in [3.8, 4) is 5.88 Å². The molecule has 0 radical (unpaired) electrons. The van der Waals surface area contributed by atoms with Crippen molar-refractivity contribution < 1.29 is 4.74 Å². The van der Waals surface area contributed by atoms with Crippen LogP contribution >= 0.6 is 0 Å². The Hall–Kier alpha value is -1.36. The molecule has 0 spiro atoms. The second kappa shape index (κ2) is 7.28. The van der Waals surface area contributed by atoms with Gasteiger partial charge in [0, 0.05) is 12.6 Å². The summed E-state index contributed by atoms with van der Waals surface area (Å²) in [6, 6.07) is 0.581. The second-order valence-electron chi connectivity index (χ2n) is 4.92. The predicted molar refractivity (Wildman–Crippen MR) is 76.5 cm³/mol. The molecule has 1 aliphatic rings. The molecule has 1 aromatic heterocycles. The fraction of sp³-hybridized carbons (Fsp3) is 0.714. The van der Waals surface area contributed by atoms with E-state index >= 15 is 0 Å². The van der Waals surface area contributed by atoms with Gasteiger partial charge in [-0.3, -0.25) is 4.98 Å². The number of anilines is 1. The molecule has 19 heavy (non-hydrogen) atoms. The minimum Gasteiger partial charge on any atom is -0.477 e. The van der Waals surface area contributed by atoms with Gasteiger partial charge in [0.2, 0.25) is 5.88 Å². The molecule has 5 heteroatoms. The highest BCUT2D eigenvalue weighted by Gasteiger charge is 2.23. The summed E-state index contributed by atoms with van der Waals surface area (Å²) in [7, 11) is 0. The molecule has 1 fully saturated rings. The Kier molecular flexibility index (Phi) is 5.39. The Bertz CT molecular complexity index is 379. The average molecular weight is 264 g/mol. The Balaban J connectivity index is 2.13. The van der Waals surface area contributed by atoms with Gasteiger partial charge in [0.25, 0.3) is 0 Å². The molecular weight excluding hydrogens is 240 g/mol. The van der Waals surface area contributed by atoms with Crippen molar-refractivity contribution in [2.75, 3.05) is 24.6 Å². The molecule has 5 nitrogen and oxygen atoms in total. The van der Waals surface area contributed by atoms with Gasteiger partial charge in [0.1, 0.15) is 0 Å². The van der Waals surface area contributed by atoms with E-state index in [9.17, 15) is 0 Å². The minimum absolute atomic E-state index is 0.581. The summed E-state index contributed by atoms with van der Waals surface area (Å²) >= 11 is 0. The van der Waals surface area contributed by atoms with Gasteiger partial charge in [-0.15, -0.1) is 0 Å². The van der Waals surface area contributed by atoms with Gasteiger partial charge in [-0.2, -0.15) is 4.98 Å². The zero-order valence-electron chi connectivity index (χ0n) is 11.7. The van der Waals surface area contributed by atoms with E-state index in [1.807, 2.05) is 13.1 Å². The highest BCUT2D eigenvalue weighted by atomic mass is 16.5. The van der Waals surface area contributed by atoms with Crippen LogP contribution in [0.1, 0.15) is 39.0 Å². The predicted octanol–water partition coefficient (Wildman–Crippen LogP) is 1.97. The number of nitrogens with zero attached hydrogens (tertiary/aromatic N) is 3. The molecule has 2 rings (SSSR count). The molecule has 1 aliphatic carbocycles. The third-order valence-corrected chi connectivity index (χ3v) is 3.55. The zero-order valence-corrected chi connectivity index (χ0v) is 11.7. The summed E-state index contributed by atoms with van der Waals surface area (Å²) in [6.07, 6.45) is 9.58. The number of rotatable bonds is 7. The fourth-order valence-electron chi connectivity index (χ4n) is 2.66. The molecule has 0 amide bonds. The van der Waals surface area contributed by atoms with Gasteiger partial charge >= 0.3 is 0 Å². The first-order valence-electron chi connectivity index (χ1n) is 7.26. The highest BCUT2D eigenvalue weighted by molar-refractivity contribution is 5.39. The van der Waals surface area contributed by atoms with Crippen molar-refractivity contribution in [2.45, 2.75) is 45.1 Å². The van der Waals surface area contributed by atoms with Gasteiger partial charge in [0.15, 0.2) is 5.82 Å². The normalized spacial score (nSPS) is 15.7. The van der Waals surface area contributed by atoms with Crippen molar-refractivity contribution in [1.29, 1.82) is 0 Å². The van der Waals surface area contributed by atoms with E-state index in [0.717, 1.165) is 18.8 Å². The van der Waals surface area contributed by atoms with Gasteiger partial charge in [-0.1, -0.05) is 12.8 Å². The van der Waals surface area contributed by atoms with E-state index in [1.165, 1.54) is 25.7 Å². The van der Waals surface area contributed by atoms with Gasteiger partial charge in [-0.25, -0.2) is 0 Å². The van der Waals surface area contributed by atoms with Crippen LogP contribution in [0.2, 0.25) is 0 Å². The fourth-order valence-corrected chi connectivity index (χ4v) is 2.66. The summed E-state index contributed by atoms with van der Waals surface area (Å²) in [5, 5.41) is 0. The van der Waals surface area contributed by atoms with Crippen molar-refractivity contribution in [3.05, 3.63) is 12.4 Å². The van der Waals surface area contributed by atoms with Crippen molar-refractivity contribution >= 4 is 5.82 Å². The minimum atomic E-state index is 0.581. The lowest BCUT2D eigenvalue weighted by molar-refractivity contribution is 0.325. The van der Waals surface area contributed by atoms with Crippen LogP contribution in [0.25, 0.3) is 0 Å². The SMILES string of the molecule is CCOc1cncc(N(CCCN)C2CCCC2)n1. The second-order valence-corrected chi connectivity index (χ2v) is 4.92. The molecule has 0 aromatic carbocycles. The lowest BCUT2D eigenvalue weighted by Gasteiger charge is -2.29. The van der Waals surface area contributed by atoms with Crippen LogP contribution in [0.15, 0.2) is 12.4 Å². The van der Waals surface area contributed by atoms with E-state index in [2.05, 4.69) is 14.9 Å². The maximum absolute atomic E-state index is 5.64. The van der Waals surface area contributed by atoms with E-state index in [0.29, 0.717) is 25.1 Å². The van der Waals surface area contributed by atoms with Crippen LogP contribution in [0.4, 0.5) is 5.82 Å². The molecule has 106 valence electrons. The monoisotopic (exact) mass is 264 g/mol. The van der Waals surface area contributed by atoms with E-state index in [1.54, 1.807) is 6.20 Å². The average Bonchev–Trinajstić information content (AvgIpc) is 2.94. The third-order valence-electron chi connectivity index (χ3n) is 3.55. The molecule has 2 N–H and O–H groups in total. The van der Waals surface area contributed by atoms with Crippen LogP contribution < -0.4 is 15.4 Å². The van der Waals surface area contributed by atoms with Gasteiger partial charge in [0.05, 0.1) is 19.0 Å². The van der Waals surface area contributed by atoms with Crippen LogP contribution in [-0.2, 0) is 0 Å². The Morgan fingerprint density at radius 2 is 2.16 bits per heavy atom. The quantitative estimate of drug-likeness (QED) is 0.815. The maximum atomic E-state index is 5.64. The summed E-state index contributed by atoms with van der Waals surface area (Å²) in [5.41, 5.74) is 5.64. The molecule has 0 atom stereocenters. The first kappa shape index (κ1) is 14.1. The summed E-state index contributed by atoms with van der Waals surface area (Å²) in [6.45, 7) is 4.23. The third kappa shape index (κ3) is 3.80. The Morgan fingerprint density at radius 3 is 2.84 bits per heavy atom. The van der Waals surface area contributed by atoms with Gasteiger partial charge < -0.3 is 15.4 Å². The zero-order chi connectivity index (χ0) is 13.5. The van der Waals surface area contributed by atoms with E-state index in [-0.39, 0.29) is 0 Å². The number of ether oxygens (including phenoxy) is 1. The Morgan fingerprint density at radius 1 is 1.37 bits per heavy atom. The number of hydrogen-bond donors (Lipinski definition) is 1. The Labute approximate surface area is 115 Å². The van der Waals surface area contributed by atoms with Crippen LogP contribution in [-0.4, -0.2) is 35.7 Å². The maximum Gasteiger partial charge on any atom is 0.234 e. The van der Waals surface area contributed by atoms with Gasteiger partial charge in [-0.05, 0) is 32.7 Å². The van der Waals surface area contributed by atoms with E-state index in [4.69, 9.17) is 10.5 Å². The molecular formula is C14H24N4O. The first-order chi connectivity index (χ1) is 9.35. The lowest BCUT2D eigenvalue weighted by Crippen LogP contribution is -2.35. The largest absolute Gasteiger partial charge is 0.477 e. The number of hydrogen-bond acceptors (Lipinski definition) is 5. The van der Waals surface area contributed by atoms with Crippen LogP contribution in [0.5, 0.6) is 5.88 Å². The summed E-state index contributed by atoms with van der Waals surface area (Å²) < 4.78 is 5.44. The molecule has 1 heterocycles. The number of nitrogens with two attached hydrogens (primary N) is 1. The molecule has 0 saturated heterocycles. The molecule has 0 unspecified atom stereocenters. The summed E-state index contributed by atoms with van der Waals surface area (Å²) in [4.78, 5) is 11.2. The van der Waals surface area contributed by atoms with E-state index < -0.39 is 0 Å². The van der Waals surface area contributed by atoms with Crippen LogP contribution in [0.3, 0.4) is 0 Å². The molecule has 1 aromatic rings.